The maximum absolute atomic E-state index is 13.2. The van der Waals surface area contributed by atoms with E-state index in [1.54, 1.807) is 30.0 Å². The summed E-state index contributed by atoms with van der Waals surface area (Å²) in [4.78, 5) is 0.271. The highest BCUT2D eigenvalue weighted by atomic mass is 32.2. The summed E-state index contributed by atoms with van der Waals surface area (Å²) in [6.07, 6.45) is 0. The Hall–Kier alpha value is -2.20. The Morgan fingerprint density at radius 2 is 1.73 bits per heavy atom. The summed E-state index contributed by atoms with van der Waals surface area (Å²) in [7, 11) is -3.59. The van der Waals surface area contributed by atoms with Crippen molar-refractivity contribution in [2.75, 3.05) is 26.3 Å². The molecule has 1 aliphatic heterocycles. The predicted molar refractivity (Wildman–Crippen MR) is 131 cm³/mol. The first-order valence-corrected chi connectivity index (χ1v) is 13.5. The third-order valence-electron chi connectivity index (χ3n) is 5.52. The van der Waals surface area contributed by atoms with E-state index in [1.165, 1.54) is 9.87 Å². The number of sulfonamides is 1. The summed E-state index contributed by atoms with van der Waals surface area (Å²) in [6.45, 7) is 8.78. The predicted octanol–water partition coefficient (Wildman–Crippen LogP) is 4.48. The number of aromatic nitrogens is 3. The number of thioether (sulfide) groups is 1. The van der Waals surface area contributed by atoms with Gasteiger partial charge in [-0.1, -0.05) is 68.1 Å². The Bertz CT molecular complexity index is 1170. The molecule has 0 spiro atoms. The first-order valence-electron chi connectivity index (χ1n) is 11.2. The van der Waals surface area contributed by atoms with Gasteiger partial charge in [-0.25, -0.2) is 8.42 Å². The number of hydrogen-bond donors (Lipinski definition) is 0. The lowest BCUT2D eigenvalue weighted by Gasteiger charge is -2.26. The van der Waals surface area contributed by atoms with Gasteiger partial charge in [-0.3, -0.25) is 0 Å². The van der Waals surface area contributed by atoms with Gasteiger partial charge in [0.1, 0.15) is 0 Å². The largest absolute Gasteiger partial charge is 0.379 e. The van der Waals surface area contributed by atoms with Gasteiger partial charge in [0.2, 0.25) is 10.0 Å². The van der Waals surface area contributed by atoms with Crippen LogP contribution >= 0.6 is 11.8 Å². The zero-order chi connectivity index (χ0) is 23.4. The van der Waals surface area contributed by atoms with Crippen LogP contribution in [0.25, 0.3) is 11.4 Å². The van der Waals surface area contributed by atoms with Crippen molar-refractivity contribution in [3.63, 3.8) is 0 Å². The van der Waals surface area contributed by atoms with Gasteiger partial charge in [0.05, 0.1) is 18.1 Å². The Balaban J connectivity index is 1.67. The molecule has 0 aliphatic carbocycles. The molecule has 1 atom stereocenters. The van der Waals surface area contributed by atoms with Crippen molar-refractivity contribution < 1.29 is 13.2 Å². The van der Waals surface area contributed by atoms with E-state index in [0.29, 0.717) is 38.0 Å². The molecule has 3 aromatic rings. The molecule has 176 valence electrons. The van der Waals surface area contributed by atoms with Gasteiger partial charge in [0, 0.05) is 30.4 Å². The number of hydrogen-bond acceptors (Lipinski definition) is 6. The van der Waals surface area contributed by atoms with Crippen molar-refractivity contribution in [1.82, 2.24) is 19.1 Å². The van der Waals surface area contributed by atoms with Gasteiger partial charge in [-0.05, 0) is 30.5 Å². The van der Waals surface area contributed by atoms with E-state index >= 15 is 0 Å². The molecule has 0 bridgehead atoms. The number of rotatable bonds is 8. The average molecular weight is 487 g/mol. The Morgan fingerprint density at radius 3 is 2.42 bits per heavy atom. The van der Waals surface area contributed by atoms with E-state index in [-0.39, 0.29) is 10.1 Å². The minimum absolute atomic E-state index is 0.210. The maximum atomic E-state index is 13.2. The molecule has 2 aromatic carbocycles. The van der Waals surface area contributed by atoms with Crippen LogP contribution in [-0.2, 0) is 21.3 Å². The molecule has 0 amide bonds. The SMILES string of the molecule is CC(C)Cn1c(S[C@@H](C)c2ccccc2)nnc1-c1cccc(S(=O)(=O)N2CCOCC2)c1. The molecular formula is C24H30N4O3S2. The molecule has 1 saturated heterocycles. The maximum Gasteiger partial charge on any atom is 0.243 e. The Kier molecular flexibility index (Phi) is 7.53. The molecule has 0 saturated carbocycles. The number of ether oxygens (including phenoxy) is 1. The molecule has 4 rings (SSSR count). The number of nitrogens with zero attached hydrogens (tertiary/aromatic N) is 4. The fourth-order valence-electron chi connectivity index (χ4n) is 3.80. The summed E-state index contributed by atoms with van der Waals surface area (Å²) in [5.41, 5.74) is 1.97. The lowest BCUT2D eigenvalue weighted by Crippen LogP contribution is -2.40. The summed E-state index contributed by atoms with van der Waals surface area (Å²) in [5.74, 6) is 1.07. The van der Waals surface area contributed by atoms with E-state index in [2.05, 4.69) is 47.7 Å². The molecule has 2 heterocycles. The number of benzene rings is 2. The van der Waals surface area contributed by atoms with E-state index in [0.717, 1.165) is 17.3 Å². The van der Waals surface area contributed by atoms with Crippen molar-refractivity contribution in [3.05, 3.63) is 60.2 Å². The highest BCUT2D eigenvalue weighted by Gasteiger charge is 2.27. The summed E-state index contributed by atoms with van der Waals surface area (Å²) >= 11 is 1.66. The van der Waals surface area contributed by atoms with Crippen LogP contribution in [-0.4, -0.2) is 53.8 Å². The molecule has 33 heavy (non-hydrogen) atoms. The molecule has 9 heteroatoms. The van der Waals surface area contributed by atoms with Crippen LogP contribution < -0.4 is 0 Å². The smallest absolute Gasteiger partial charge is 0.243 e. The van der Waals surface area contributed by atoms with Gasteiger partial charge in [0.25, 0.3) is 0 Å². The first kappa shape index (κ1) is 23.9. The minimum Gasteiger partial charge on any atom is -0.379 e. The van der Waals surface area contributed by atoms with Crippen molar-refractivity contribution in [3.8, 4) is 11.4 Å². The Labute approximate surface area is 200 Å². The Morgan fingerprint density at radius 1 is 1.00 bits per heavy atom. The van der Waals surface area contributed by atoms with Crippen molar-refractivity contribution in [2.45, 2.75) is 42.6 Å². The van der Waals surface area contributed by atoms with Crippen LogP contribution in [0.5, 0.6) is 0 Å². The summed E-state index contributed by atoms with van der Waals surface area (Å²) < 4.78 is 35.2. The topological polar surface area (TPSA) is 77.3 Å². The van der Waals surface area contributed by atoms with Crippen LogP contribution in [0.15, 0.2) is 64.6 Å². The lowest BCUT2D eigenvalue weighted by atomic mass is 10.2. The fourth-order valence-corrected chi connectivity index (χ4v) is 6.24. The van der Waals surface area contributed by atoms with Crippen molar-refractivity contribution in [1.29, 1.82) is 0 Å². The van der Waals surface area contributed by atoms with Crippen LogP contribution in [0.4, 0.5) is 0 Å². The van der Waals surface area contributed by atoms with Gasteiger partial charge < -0.3 is 9.30 Å². The average Bonchev–Trinajstić information content (AvgIpc) is 3.21. The normalized spacial score (nSPS) is 16.2. The second-order valence-corrected chi connectivity index (χ2v) is 11.8. The zero-order valence-corrected chi connectivity index (χ0v) is 20.8. The second-order valence-electron chi connectivity index (χ2n) is 8.53. The summed E-state index contributed by atoms with van der Waals surface area (Å²) in [5, 5.41) is 10.0. The van der Waals surface area contributed by atoms with Gasteiger partial charge >= 0.3 is 0 Å². The number of morpholine rings is 1. The molecule has 0 unspecified atom stereocenters. The third kappa shape index (κ3) is 5.48. The fraction of sp³-hybridized carbons (Fsp3) is 0.417. The molecule has 1 aliphatic rings. The van der Waals surface area contributed by atoms with E-state index in [9.17, 15) is 8.42 Å². The molecule has 1 fully saturated rings. The van der Waals surface area contributed by atoms with E-state index < -0.39 is 10.0 Å². The highest BCUT2D eigenvalue weighted by Crippen LogP contribution is 2.36. The zero-order valence-electron chi connectivity index (χ0n) is 19.2. The van der Waals surface area contributed by atoms with Crippen LogP contribution in [0.3, 0.4) is 0 Å². The van der Waals surface area contributed by atoms with Gasteiger partial charge in [-0.15, -0.1) is 10.2 Å². The van der Waals surface area contributed by atoms with Gasteiger partial charge in [0.15, 0.2) is 11.0 Å². The molecule has 7 nitrogen and oxygen atoms in total. The first-order chi connectivity index (χ1) is 15.9. The van der Waals surface area contributed by atoms with Crippen LogP contribution in [0.1, 0.15) is 31.6 Å². The lowest BCUT2D eigenvalue weighted by molar-refractivity contribution is 0.0730. The van der Waals surface area contributed by atoms with E-state index in [4.69, 9.17) is 4.74 Å². The second kappa shape index (κ2) is 10.4. The van der Waals surface area contributed by atoms with Crippen molar-refractivity contribution >= 4 is 21.8 Å². The van der Waals surface area contributed by atoms with Gasteiger partial charge in [-0.2, -0.15) is 4.31 Å². The molecular weight excluding hydrogens is 456 g/mol. The monoisotopic (exact) mass is 486 g/mol. The van der Waals surface area contributed by atoms with Crippen LogP contribution in [0, 0.1) is 5.92 Å². The molecule has 0 radical (unpaired) electrons. The highest BCUT2D eigenvalue weighted by molar-refractivity contribution is 7.99. The summed E-state index contributed by atoms with van der Waals surface area (Å²) in [6, 6.07) is 17.3. The molecule has 1 aromatic heterocycles. The standard InChI is InChI=1S/C24H30N4O3S2/c1-18(2)17-28-23(25-26-24(28)32-19(3)20-8-5-4-6-9-20)21-10-7-11-22(16-21)33(29,30)27-12-14-31-15-13-27/h4-11,16,18-19H,12-15,17H2,1-3H3/t19-/m0/s1. The quantitative estimate of drug-likeness (QED) is 0.437. The third-order valence-corrected chi connectivity index (χ3v) is 8.55. The van der Waals surface area contributed by atoms with Crippen molar-refractivity contribution in [2.24, 2.45) is 5.92 Å². The molecule has 0 N–H and O–H groups in total. The van der Waals surface area contributed by atoms with Crippen LogP contribution in [0.2, 0.25) is 0 Å². The minimum atomic E-state index is -3.59. The van der Waals surface area contributed by atoms with E-state index in [1.807, 2.05) is 24.3 Å².